The highest BCUT2D eigenvalue weighted by Gasteiger charge is 2.38. The zero-order valence-corrected chi connectivity index (χ0v) is 25.2. The fourth-order valence-electron chi connectivity index (χ4n) is 5.70. The standard InChI is InChI=1S/C29H34FN9O4S/c1-17(2)38-13-22(29(40)34-24-6-8-37(14-23(24)30)19-15-43-16-19)21-11-32-27(9-25(21)38)35-26-5-7-31-28(36-26)18-10-33-39(12-18)44(41,42)20-3-4-20/h5,7,9-13,17,19-20,23-24H,3-4,6,8,14-16H2,1-2H3,(H,34,40)(H,31,32,35,36). The van der Waals surface area contributed by atoms with Crippen molar-refractivity contribution < 1.29 is 22.3 Å². The highest BCUT2D eigenvalue weighted by Crippen LogP contribution is 2.31. The number of nitrogens with zero attached hydrogens (tertiary/aromatic N) is 7. The van der Waals surface area contributed by atoms with Crippen molar-refractivity contribution in [2.24, 2.45) is 0 Å². The number of pyridine rings is 1. The topological polar surface area (TPSA) is 149 Å². The maximum atomic E-state index is 15.1. The SMILES string of the molecule is CC(C)n1cc(C(=O)NC2CCN(C3COC3)CC2F)c2cnc(Nc3ccnc(-c4cnn(S(=O)(=O)C5CC5)c4)n3)cc21. The van der Waals surface area contributed by atoms with Crippen LogP contribution < -0.4 is 10.6 Å². The van der Waals surface area contributed by atoms with Gasteiger partial charge in [-0.3, -0.25) is 9.69 Å². The van der Waals surface area contributed by atoms with Crippen LogP contribution in [-0.2, 0) is 14.8 Å². The number of alkyl halides is 1. The van der Waals surface area contributed by atoms with Crippen LogP contribution in [0.2, 0.25) is 0 Å². The van der Waals surface area contributed by atoms with E-state index < -0.39 is 22.2 Å². The van der Waals surface area contributed by atoms with E-state index in [2.05, 4.69) is 35.6 Å². The van der Waals surface area contributed by atoms with Crippen LogP contribution in [0.1, 0.15) is 49.5 Å². The van der Waals surface area contributed by atoms with Gasteiger partial charge in [0.15, 0.2) is 5.82 Å². The lowest BCUT2D eigenvalue weighted by Crippen LogP contribution is -2.58. The van der Waals surface area contributed by atoms with Crippen LogP contribution in [0.25, 0.3) is 22.3 Å². The number of ether oxygens (including phenoxy) is 1. The lowest BCUT2D eigenvalue weighted by atomic mass is 10.00. The van der Waals surface area contributed by atoms with Gasteiger partial charge in [-0.15, -0.1) is 0 Å². The number of piperidine rings is 1. The number of likely N-dealkylation sites (tertiary alicyclic amines) is 1. The van der Waals surface area contributed by atoms with Crippen molar-refractivity contribution in [3.05, 3.63) is 48.7 Å². The second-order valence-electron chi connectivity index (χ2n) is 11.9. The number of amides is 1. The monoisotopic (exact) mass is 623 g/mol. The Morgan fingerprint density at radius 2 is 1.93 bits per heavy atom. The van der Waals surface area contributed by atoms with E-state index in [1.807, 2.05) is 24.5 Å². The highest BCUT2D eigenvalue weighted by atomic mass is 32.2. The minimum atomic E-state index is -3.49. The van der Waals surface area contributed by atoms with E-state index in [-0.39, 0.29) is 29.8 Å². The number of hydrogen-bond acceptors (Lipinski definition) is 10. The number of carbonyl (C=O) groups is 1. The molecule has 1 amide bonds. The number of aromatic nitrogens is 6. The molecule has 15 heteroatoms. The summed E-state index contributed by atoms with van der Waals surface area (Å²) in [4.78, 5) is 28.9. The predicted octanol–water partition coefficient (Wildman–Crippen LogP) is 2.90. The van der Waals surface area contributed by atoms with Crippen LogP contribution in [-0.4, -0.2) is 97.7 Å². The summed E-state index contributed by atoms with van der Waals surface area (Å²) >= 11 is 0. The molecule has 44 heavy (non-hydrogen) atoms. The Kier molecular flexibility index (Phi) is 7.33. The van der Waals surface area contributed by atoms with Crippen LogP contribution in [0.4, 0.5) is 16.0 Å². The first kappa shape index (κ1) is 28.8. The molecule has 3 aliphatic rings. The quantitative estimate of drug-likeness (QED) is 0.285. The first-order chi connectivity index (χ1) is 21.2. The molecule has 4 aromatic rings. The van der Waals surface area contributed by atoms with Crippen LogP contribution in [0.5, 0.6) is 0 Å². The van der Waals surface area contributed by atoms with Gasteiger partial charge >= 0.3 is 0 Å². The highest BCUT2D eigenvalue weighted by molar-refractivity contribution is 7.90. The Bertz CT molecular complexity index is 1820. The summed E-state index contributed by atoms with van der Waals surface area (Å²) in [7, 11) is -3.49. The van der Waals surface area contributed by atoms with E-state index in [9.17, 15) is 13.2 Å². The van der Waals surface area contributed by atoms with E-state index in [4.69, 9.17) is 4.74 Å². The van der Waals surface area contributed by atoms with Crippen molar-refractivity contribution in [1.82, 2.24) is 38.9 Å². The van der Waals surface area contributed by atoms with Gasteiger partial charge in [0.05, 0.1) is 59.6 Å². The first-order valence-corrected chi connectivity index (χ1v) is 16.3. The van der Waals surface area contributed by atoms with Gasteiger partial charge in [-0.05, 0) is 39.2 Å². The summed E-state index contributed by atoms with van der Waals surface area (Å²) in [5.41, 5.74) is 1.71. The summed E-state index contributed by atoms with van der Waals surface area (Å²) in [6, 6.07) is 3.28. The number of hydrogen-bond donors (Lipinski definition) is 2. The molecule has 2 N–H and O–H groups in total. The third-order valence-electron chi connectivity index (χ3n) is 8.48. The Morgan fingerprint density at radius 3 is 2.64 bits per heavy atom. The van der Waals surface area contributed by atoms with Gasteiger partial charge in [-0.2, -0.15) is 9.19 Å². The average molecular weight is 624 g/mol. The number of nitrogens with one attached hydrogen (secondary N) is 2. The Labute approximate surface area is 253 Å². The van der Waals surface area contributed by atoms with Gasteiger partial charge in [-0.25, -0.2) is 27.8 Å². The van der Waals surface area contributed by atoms with Crippen molar-refractivity contribution in [1.29, 1.82) is 0 Å². The van der Waals surface area contributed by atoms with Gasteiger partial charge in [0, 0.05) is 49.2 Å². The molecule has 1 aliphatic carbocycles. The largest absolute Gasteiger partial charge is 0.378 e. The average Bonchev–Trinajstić information content (AvgIpc) is 3.59. The zero-order chi connectivity index (χ0) is 30.6. The summed E-state index contributed by atoms with van der Waals surface area (Å²) < 4.78 is 48.3. The second-order valence-corrected chi connectivity index (χ2v) is 14.0. The van der Waals surface area contributed by atoms with Crippen LogP contribution >= 0.6 is 0 Å². The van der Waals surface area contributed by atoms with E-state index >= 15 is 4.39 Å². The maximum absolute atomic E-state index is 15.1. The minimum absolute atomic E-state index is 0.0465. The third-order valence-corrected chi connectivity index (χ3v) is 10.5. The maximum Gasteiger partial charge on any atom is 0.256 e. The molecule has 6 heterocycles. The Morgan fingerprint density at radius 1 is 1.11 bits per heavy atom. The zero-order valence-electron chi connectivity index (χ0n) is 24.4. The molecule has 3 fully saturated rings. The molecular weight excluding hydrogens is 589 g/mol. The molecule has 232 valence electrons. The fraction of sp³-hybridized carbons (Fsp3) is 0.483. The van der Waals surface area contributed by atoms with Crippen molar-refractivity contribution >= 4 is 38.5 Å². The second kappa shape index (κ2) is 11.2. The smallest absolute Gasteiger partial charge is 0.256 e. The molecule has 7 rings (SSSR count). The van der Waals surface area contributed by atoms with Gasteiger partial charge in [0.1, 0.15) is 17.8 Å². The fourth-order valence-corrected chi connectivity index (χ4v) is 7.18. The number of rotatable bonds is 9. The van der Waals surface area contributed by atoms with Crippen molar-refractivity contribution in [3.8, 4) is 11.4 Å². The molecule has 1 saturated carbocycles. The molecule has 0 spiro atoms. The molecule has 2 saturated heterocycles. The van der Waals surface area contributed by atoms with Crippen LogP contribution in [0, 0.1) is 0 Å². The minimum Gasteiger partial charge on any atom is -0.378 e. The molecular formula is C29H34FN9O4S. The van der Waals surface area contributed by atoms with Crippen molar-refractivity contribution in [3.63, 3.8) is 0 Å². The Hall–Kier alpha value is -3.95. The van der Waals surface area contributed by atoms with E-state index in [0.29, 0.717) is 66.4 Å². The summed E-state index contributed by atoms with van der Waals surface area (Å²) in [5, 5.41) is 10.4. The first-order valence-electron chi connectivity index (χ1n) is 14.8. The lowest BCUT2D eigenvalue weighted by Gasteiger charge is -2.42. The van der Waals surface area contributed by atoms with Crippen molar-refractivity contribution in [2.45, 2.75) is 62.7 Å². The van der Waals surface area contributed by atoms with Gasteiger partial charge in [0.25, 0.3) is 15.9 Å². The normalized spacial score (nSPS) is 21.5. The van der Waals surface area contributed by atoms with Gasteiger partial charge < -0.3 is 19.9 Å². The number of carbonyl (C=O) groups excluding carboxylic acids is 1. The van der Waals surface area contributed by atoms with Gasteiger partial charge in [-0.1, -0.05) is 0 Å². The molecule has 13 nitrogen and oxygen atoms in total. The predicted molar refractivity (Wildman–Crippen MR) is 161 cm³/mol. The van der Waals surface area contributed by atoms with Crippen LogP contribution in [0.15, 0.2) is 43.1 Å². The van der Waals surface area contributed by atoms with E-state index in [0.717, 1.165) is 16.1 Å². The van der Waals surface area contributed by atoms with Gasteiger partial charge in [0.2, 0.25) is 0 Å². The molecule has 0 bridgehead atoms. The molecule has 0 aromatic carbocycles. The summed E-state index contributed by atoms with van der Waals surface area (Å²) in [5.74, 6) is 0.942. The third kappa shape index (κ3) is 5.43. The van der Waals surface area contributed by atoms with E-state index in [1.54, 1.807) is 24.7 Å². The van der Waals surface area contributed by atoms with E-state index in [1.165, 1.54) is 12.4 Å². The molecule has 2 aliphatic heterocycles. The van der Waals surface area contributed by atoms with Crippen LogP contribution in [0.3, 0.4) is 0 Å². The number of anilines is 2. The molecule has 4 aromatic heterocycles. The lowest BCUT2D eigenvalue weighted by molar-refractivity contribution is -0.0814. The summed E-state index contributed by atoms with van der Waals surface area (Å²) in [6.45, 7) is 6.32. The van der Waals surface area contributed by atoms with Crippen molar-refractivity contribution in [2.75, 3.05) is 31.6 Å². The number of halogens is 1. The summed E-state index contributed by atoms with van der Waals surface area (Å²) in [6.07, 6.45) is 8.52. The molecule has 2 atom stereocenters. The Balaban J connectivity index is 1.09. The molecule has 2 unspecified atom stereocenters. The number of fused-ring (bicyclic) bond motifs is 1. The molecule has 0 radical (unpaired) electrons.